The second-order valence-corrected chi connectivity index (χ2v) is 5.87. The molecule has 22 heavy (non-hydrogen) atoms. The summed E-state index contributed by atoms with van der Waals surface area (Å²) in [7, 11) is 0. The Hall–Kier alpha value is -0.850. The van der Waals surface area contributed by atoms with E-state index in [0.717, 1.165) is 25.7 Å². The van der Waals surface area contributed by atoms with Gasteiger partial charge in [-0.25, -0.2) is 0 Å². The van der Waals surface area contributed by atoms with E-state index in [1.807, 2.05) is 27.7 Å². The van der Waals surface area contributed by atoms with Crippen molar-refractivity contribution in [2.45, 2.75) is 83.2 Å². The van der Waals surface area contributed by atoms with Crippen LogP contribution in [0.1, 0.15) is 53.4 Å². The molecule has 0 saturated carbocycles. The molecule has 0 aliphatic carbocycles. The lowest BCUT2D eigenvalue weighted by atomic mass is 10.1. The molecular weight excluding hydrogens is 286 g/mol. The maximum atomic E-state index is 8.91. The van der Waals surface area contributed by atoms with Crippen molar-refractivity contribution in [3.63, 3.8) is 0 Å². The first-order valence-corrected chi connectivity index (χ1v) is 8.25. The molecule has 0 N–H and O–H groups in total. The molecule has 0 aromatic rings. The van der Waals surface area contributed by atoms with Gasteiger partial charge in [0, 0.05) is 4.91 Å². The highest BCUT2D eigenvalue weighted by molar-refractivity contribution is 4.94. The van der Waals surface area contributed by atoms with Crippen LogP contribution >= 0.6 is 0 Å². The summed E-state index contributed by atoms with van der Waals surface area (Å²) in [6.07, 6.45) is 2.46. The summed E-state index contributed by atoms with van der Waals surface area (Å²) in [5.41, 5.74) is 8.91. The van der Waals surface area contributed by atoms with Gasteiger partial charge in [0.1, 0.15) is 0 Å². The van der Waals surface area contributed by atoms with E-state index in [-0.39, 0.29) is 12.2 Å². The molecule has 126 valence electrons. The number of rotatable bonds is 7. The van der Waals surface area contributed by atoms with E-state index in [9.17, 15) is 0 Å². The van der Waals surface area contributed by atoms with Gasteiger partial charge in [0.05, 0.1) is 31.5 Å². The average Bonchev–Trinajstić information content (AvgIpc) is 3.18. The normalized spacial score (nSPS) is 29.7. The second kappa shape index (κ2) is 7.15. The fraction of sp³-hybridized carbons (Fsp3) is 1.00. The highest BCUT2D eigenvalue weighted by atomic mass is 16.8. The highest BCUT2D eigenvalue weighted by Gasteiger charge is 2.48. The van der Waals surface area contributed by atoms with E-state index in [0.29, 0.717) is 13.2 Å². The molecule has 0 unspecified atom stereocenters. The van der Waals surface area contributed by atoms with Crippen LogP contribution in [0.2, 0.25) is 0 Å². The summed E-state index contributed by atoms with van der Waals surface area (Å²) >= 11 is 0. The molecule has 0 aromatic carbocycles. The van der Waals surface area contributed by atoms with Crippen molar-refractivity contribution in [3.8, 4) is 0 Å². The Morgan fingerprint density at radius 1 is 0.955 bits per heavy atom. The minimum absolute atomic E-state index is 0.297. The third kappa shape index (κ3) is 3.24. The summed E-state index contributed by atoms with van der Waals surface area (Å²) in [5.74, 6) is -1.14. The Morgan fingerprint density at radius 3 is 1.64 bits per heavy atom. The van der Waals surface area contributed by atoms with Gasteiger partial charge < -0.3 is 18.9 Å². The van der Waals surface area contributed by atoms with E-state index in [1.165, 1.54) is 0 Å². The summed E-state index contributed by atoms with van der Waals surface area (Å²) in [6.45, 7) is 8.95. The summed E-state index contributed by atoms with van der Waals surface area (Å²) in [4.78, 5) is 2.98. The van der Waals surface area contributed by atoms with E-state index in [1.54, 1.807) is 0 Å². The van der Waals surface area contributed by atoms with Gasteiger partial charge in [-0.1, -0.05) is 32.8 Å². The van der Waals surface area contributed by atoms with Crippen molar-refractivity contribution in [2.75, 3.05) is 13.2 Å². The van der Waals surface area contributed by atoms with Crippen molar-refractivity contribution in [1.82, 2.24) is 0 Å². The lowest BCUT2D eigenvalue weighted by Crippen LogP contribution is -2.41. The third-order valence-corrected chi connectivity index (χ3v) is 4.86. The van der Waals surface area contributed by atoms with Gasteiger partial charge in [0.15, 0.2) is 11.6 Å². The number of azide groups is 1. The van der Waals surface area contributed by atoms with Crippen molar-refractivity contribution in [2.24, 2.45) is 5.11 Å². The molecule has 2 aliphatic heterocycles. The molecular formula is C15H27N3O4. The van der Waals surface area contributed by atoms with Crippen LogP contribution in [0.15, 0.2) is 5.11 Å². The lowest BCUT2D eigenvalue weighted by molar-refractivity contribution is -0.187. The largest absolute Gasteiger partial charge is 0.347 e. The van der Waals surface area contributed by atoms with Crippen LogP contribution in [0.3, 0.4) is 0 Å². The molecule has 2 rings (SSSR count). The molecule has 7 heteroatoms. The fourth-order valence-corrected chi connectivity index (χ4v) is 3.18. The predicted molar refractivity (Wildman–Crippen MR) is 81.2 cm³/mol. The van der Waals surface area contributed by atoms with Gasteiger partial charge in [-0.05, 0) is 31.2 Å². The third-order valence-electron chi connectivity index (χ3n) is 4.86. The molecule has 0 aromatic heterocycles. The van der Waals surface area contributed by atoms with Crippen LogP contribution in [-0.2, 0) is 18.9 Å². The first kappa shape index (κ1) is 17.5. The van der Waals surface area contributed by atoms with Crippen LogP contribution in [-0.4, -0.2) is 43.0 Å². The Labute approximate surface area is 131 Å². The lowest BCUT2D eigenvalue weighted by Gasteiger charge is -2.29. The smallest absolute Gasteiger partial charge is 0.168 e. The van der Waals surface area contributed by atoms with Gasteiger partial charge in [-0.2, -0.15) is 0 Å². The highest BCUT2D eigenvalue weighted by Crippen LogP contribution is 2.37. The average molecular weight is 313 g/mol. The SMILES string of the molecule is CCC1(CC)OC[C@@H](C(N=[N+]=[N-])[C@@H]2COC(CC)(CC)O2)O1. The number of nitrogens with zero attached hydrogens (tertiary/aromatic N) is 3. The summed E-state index contributed by atoms with van der Waals surface area (Å²) in [5, 5.41) is 3.93. The number of ether oxygens (including phenoxy) is 4. The Morgan fingerprint density at radius 2 is 1.36 bits per heavy atom. The van der Waals surface area contributed by atoms with Gasteiger partial charge in [0.25, 0.3) is 0 Å². The van der Waals surface area contributed by atoms with Gasteiger partial charge in [-0.3, -0.25) is 0 Å². The fourth-order valence-electron chi connectivity index (χ4n) is 3.18. The Kier molecular flexibility index (Phi) is 5.69. The molecule has 0 radical (unpaired) electrons. The topological polar surface area (TPSA) is 85.7 Å². The Bertz CT molecular complexity index is 387. The van der Waals surface area contributed by atoms with E-state index in [4.69, 9.17) is 24.5 Å². The number of hydrogen-bond donors (Lipinski definition) is 0. The molecule has 0 amide bonds. The predicted octanol–water partition coefficient (Wildman–Crippen LogP) is 3.53. The minimum atomic E-state index is -0.569. The first-order valence-electron chi connectivity index (χ1n) is 8.25. The van der Waals surface area contributed by atoms with Crippen LogP contribution in [0, 0.1) is 0 Å². The monoisotopic (exact) mass is 313 g/mol. The van der Waals surface area contributed by atoms with Crippen molar-refractivity contribution < 1.29 is 18.9 Å². The van der Waals surface area contributed by atoms with Crippen LogP contribution in [0.4, 0.5) is 0 Å². The Balaban J connectivity index is 2.11. The van der Waals surface area contributed by atoms with Gasteiger partial charge in [-0.15, -0.1) is 0 Å². The summed E-state index contributed by atoms with van der Waals surface area (Å²) in [6, 6.07) is -0.440. The van der Waals surface area contributed by atoms with Gasteiger partial charge >= 0.3 is 0 Å². The van der Waals surface area contributed by atoms with Crippen molar-refractivity contribution in [3.05, 3.63) is 10.4 Å². The van der Waals surface area contributed by atoms with Crippen LogP contribution < -0.4 is 0 Å². The molecule has 2 heterocycles. The summed E-state index contributed by atoms with van der Waals surface area (Å²) < 4.78 is 23.9. The maximum Gasteiger partial charge on any atom is 0.168 e. The van der Waals surface area contributed by atoms with Crippen LogP contribution in [0.5, 0.6) is 0 Å². The molecule has 2 fully saturated rings. The zero-order valence-electron chi connectivity index (χ0n) is 13.9. The van der Waals surface area contributed by atoms with E-state index in [2.05, 4.69) is 10.0 Å². The molecule has 0 spiro atoms. The van der Waals surface area contributed by atoms with Crippen molar-refractivity contribution in [1.29, 1.82) is 0 Å². The minimum Gasteiger partial charge on any atom is -0.347 e. The van der Waals surface area contributed by atoms with E-state index >= 15 is 0 Å². The molecule has 2 aliphatic rings. The zero-order valence-corrected chi connectivity index (χ0v) is 13.9. The molecule has 2 saturated heterocycles. The number of hydrogen-bond acceptors (Lipinski definition) is 5. The molecule has 2 atom stereocenters. The van der Waals surface area contributed by atoms with Crippen LogP contribution in [0.25, 0.3) is 10.4 Å². The molecule has 7 nitrogen and oxygen atoms in total. The van der Waals surface area contributed by atoms with Gasteiger partial charge in [0.2, 0.25) is 0 Å². The van der Waals surface area contributed by atoms with E-state index < -0.39 is 17.6 Å². The first-order chi connectivity index (χ1) is 10.6. The quantitative estimate of drug-likeness (QED) is 0.409. The zero-order chi connectivity index (χ0) is 16.2. The van der Waals surface area contributed by atoms with Crippen molar-refractivity contribution >= 4 is 0 Å². The maximum absolute atomic E-state index is 8.91. The second-order valence-electron chi connectivity index (χ2n) is 5.87. The standard InChI is InChI=1S/C15H27N3O4/c1-5-14(6-2)19-9-11(21-14)13(17-18-16)12-10-20-15(7-3,8-4)22-12/h11-13H,5-10H2,1-4H3/t11-,12-/m0/s1. The molecule has 0 bridgehead atoms.